The third-order valence-corrected chi connectivity index (χ3v) is 10.0. The number of aromatic hydroxyl groups is 1. The van der Waals surface area contributed by atoms with Crippen molar-refractivity contribution >= 4 is 68.6 Å². The van der Waals surface area contributed by atoms with E-state index >= 15 is 0 Å². The third-order valence-electron chi connectivity index (χ3n) is 7.50. The summed E-state index contributed by atoms with van der Waals surface area (Å²) in [4.78, 5) is 10.5. The molecule has 0 atom stereocenters. The number of phenolic OH excluding ortho intramolecular Hbond substituents is 1. The Morgan fingerprint density at radius 3 is 1.68 bits per heavy atom. The van der Waals surface area contributed by atoms with E-state index in [9.17, 15) is 48.8 Å². The van der Waals surface area contributed by atoms with Crippen LogP contribution >= 0.6 is 0 Å². The average molecular weight is 695 g/mol. The maximum absolute atomic E-state index is 12.6. The van der Waals surface area contributed by atoms with Gasteiger partial charge in [0.05, 0.1) is 14.7 Å². The van der Waals surface area contributed by atoms with E-state index in [4.69, 9.17) is 4.74 Å². The van der Waals surface area contributed by atoms with Crippen LogP contribution in [0.25, 0.3) is 54.6 Å². The first kappa shape index (κ1) is 32.1. The van der Waals surface area contributed by atoms with Crippen molar-refractivity contribution in [1.82, 2.24) is 0 Å². The summed E-state index contributed by atoms with van der Waals surface area (Å²) in [6.07, 6.45) is 0. The van der Waals surface area contributed by atoms with E-state index in [1.165, 1.54) is 36.4 Å². The van der Waals surface area contributed by atoms with Crippen LogP contribution in [0.5, 0.6) is 11.5 Å². The van der Waals surface area contributed by atoms with Crippen molar-refractivity contribution in [3.63, 3.8) is 0 Å². The minimum absolute atomic E-state index is 0.00834. The van der Waals surface area contributed by atoms with Crippen molar-refractivity contribution in [3.05, 3.63) is 91.0 Å². The Balaban J connectivity index is 1.85. The summed E-state index contributed by atoms with van der Waals surface area (Å²) in [5, 5.41) is 12.2. The quantitative estimate of drug-likeness (QED) is 0.0919. The molecule has 0 spiro atoms. The minimum atomic E-state index is -4.94. The van der Waals surface area contributed by atoms with Gasteiger partial charge in [0.25, 0.3) is 30.4 Å². The highest BCUT2D eigenvalue weighted by Crippen LogP contribution is 2.45. The molecule has 4 N–H and O–H groups in total. The number of carbonyl (C=O) groups excluding carboxylic acids is 1. The predicted octanol–water partition coefficient (Wildman–Crippen LogP) is 5.85. The highest BCUT2D eigenvalue weighted by Gasteiger charge is 2.23. The van der Waals surface area contributed by atoms with Crippen LogP contribution in [-0.4, -0.2) is 50.0 Å². The Labute approximate surface area is 267 Å². The SMILES string of the molecule is CC(=O)Oc1cc(-c2cc(S(=O)(=O)O)cc3ccccc23)c2cc(S(=O)(=O)O)cc(-c3cc(O)cc4ccc(S(=O)(=O)O)cc34)c2c1. The lowest BCUT2D eigenvalue weighted by atomic mass is 9.89. The number of phenols is 1. The van der Waals surface area contributed by atoms with E-state index in [0.29, 0.717) is 16.2 Å². The molecule has 0 heterocycles. The van der Waals surface area contributed by atoms with Crippen molar-refractivity contribution in [2.24, 2.45) is 0 Å². The van der Waals surface area contributed by atoms with Gasteiger partial charge in [-0.05, 0) is 115 Å². The Bertz CT molecular complexity index is 2660. The van der Waals surface area contributed by atoms with Gasteiger partial charge in [0, 0.05) is 6.92 Å². The Hall–Kier alpha value is -4.90. The fraction of sp³-hybridized carbons (Fsp3) is 0.0312. The Morgan fingerprint density at radius 2 is 1.04 bits per heavy atom. The number of hydrogen-bond donors (Lipinski definition) is 4. The molecule has 0 saturated heterocycles. The molecule has 0 aliphatic rings. The standard InChI is InChI=1S/C32H22O12S3/c1-17(33)44-21-11-28(30-14-23(46(38,39)40)9-18-4-2-3-5-25(18)30)32-16-24(47(41,42)43)15-31(29(32)12-21)27-10-20(34)8-19-6-7-22(13-26(19)27)45(35,36)37/h2-16,34H,1H3,(H,35,36,37)(H,38,39,40)(H,41,42,43). The number of benzene rings is 6. The number of esters is 1. The second-order valence-electron chi connectivity index (χ2n) is 10.6. The zero-order valence-corrected chi connectivity index (χ0v) is 26.4. The minimum Gasteiger partial charge on any atom is -0.508 e. The fourth-order valence-corrected chi connectivity index (χ4v) is 7.17. The lowest BCUT2D eigenvalue weighted by molar-refractivity contribution is -0.131. The number of rotatable bonds is 6. The molecule has 240 valence electrons. The summed E-state index contributed by atoms with van der Waals surface area (Å²) in [6, 6.07) is 19.9. The molecule has 0 aliphatic carbocycles. The zero-order chi connectivity index (χ0) is 34.1. The molecule has 0 bridgehead atoms. The van der Waals surface area contributed by atoms with Crippen LogP contribution in [0, 0.1) is 0 Å². The molecule has 15 heteroatoms. The first-order valence-electron chi connectivity index (χ1n) is 13.4. The van der Waals surface area contributed by atoms with Crippen molar-refractivity contribution in [2.45, 2.75) is 21.6 Å². The second kappa shape index (κ2) is 11.1. The highest BCUT2D eigenvalue weighted by atomic mass is 32.2. The van der Waals surface area contributed by atoms with Gasteiger partial charge in [-0.25, -0.2) is 0 Å². The summed E-state index contributed by atoms with van der Waals surface area (Å²) >= 11 is 0. The topological polar surface area (TPSA) is 210 Å². The van der Waals surface area contributed by atoms with Crippen LogP contribution in [0.1, 0.15) is 6.92 Å². The smallest absolute Gasteiger partial charge is 0.308 e. The number of carbonyl (C=O) groups is 1. The summed E-state index contributed by atoms with van der Waals surface area (Å²) in [5.41, 5.74) is 0.357. The number of fused-ring (bicyclic) bond motifs is 3. The molecule has 0 unspecified atom stereocenters. The molecule has 0 saturated carbocycles. The second-order valence-corrected chi connectivity index (χ2v) is 14.9. The fourth-order valence-electron chi connectivity index (χ4n) is 5.59. The normalized spacial score (nSPS) is 12.5. The lowest BCUT2D eigenvalue weighted by Gasteiger charge is -2.18. The molecule has 0 aliphatic heterocycles. The number of hydrogen-bond acceptors (Lipinski definition) is 9. The van der Waals surface area contributed by atoms with Crippen LogP contribution in [-0.2, 0) is 35.1 Å². The van der Waals surface area contributed by atoms with Crippen molar-refractivity contribution in [3.8, 4) is 33.8 Å². The van der Waals surface area contributed by atoms with Gasteiger partial charge >= 0.3 is 5.97 Å². The molecule has 6 aromatic rings. The van der Waals surface area contributed by atoms with Gasteiger partial charge in [0.15, 0.2) is 0 Å². The number of ether oxygens (including phenoxy) is 1. The first-order valence-corrected chi connectivity index (χ1v) is 17.8. The van der Waals surface area contributed by atoms with E-state index in [1.807, 2.05) is 0 Å². The molecule has 6 aromatic carbocycles. The molecule has 0 aromatic heterocycles. The molecule has 0 amide bonds. The van der Waals surface area contributed by atoms with Gasteiger partial charge in [-0.2, -0.15) is 25.3 Å². The van der Waals surface area contributed by atoms with Crippen LogP contribution < -0.4 is 4.74 Å². The maximum atomic E-state index is 12.6. The van der Waals surface area contributed by atoms with E-state index in [1.54, 1.807) is 24.3 Å². The molecule has 0 fully saturated rings. The van der Waals surface area contributed by atoms with Crippen LogP contribution in [0.3, 0.4) is 0 Å². The predicted molar refractivity (Wildman–Crippen MR) is 172 cm³/mol. The molecular weight excluding hydrogens is 673 g/mol. The monoisotopic (exact) mass is 694 g/mol. The van der Waals surface area contributed by atoms with Crippen LogP contribution in [0.2, 0.25) is 0 Å². The summed E-state index contributed by atoms with van der Waals surface area (Å²) in [7, 11) is -14.4. The van der Waals surface area contributed by atoms with Crippen LogP contribution in [0.15, 0.2) is 106 Å². The van der Waals surface area contributed by atoms with E-state index in [0.717, 1.165) is 37.3 Å². The van der Waals surface area contributed by atoms with Crippen molar-refractivity contribution < 1.29 is 53.5 Å². The zero-order valence-electron chi connectivity index (χ0n) is 23.9. The summed E-state index contributed by atoms with van der Waals surface area (Å²) in [6.45, 7) is 1.14. The van der Waals surface area contributed by atoms with Gasteiger partial charge in [-0.3, -0.25) is 18.5 Å². The van der Waals surface area contributed by atoms with Gasteiger partial charge in [0.2, 0.25) is 0 Å². The molecule has 47 heavy (non-hydrogen) atoms. The van der Waals surface area contributed by atoms with Gasteiger partial charge in [-0.1, -0.05) is 30.3 Å². The summed E-state index contributed by atoms with van der Waals surface area (Å²) < 4.78 is 109. The van der Waals surface area contributed by atoms with E-state index in [2.05, 4.69) is 0 Å². The molecule has 6 rings (SSSR count). The Kier molecular flexibility index (Phi) is 7.58. The van der Waals surface area contributed by atoms with Gasteiger partial charge in [-0.15, -0.1) is 0 Å². The largest absolute Gasteiger partial charge is 0.508 e. The van der Waals surface area contributed by atoms with E-state index < -0.39 is 51.0 Å². The summed E-state index contributed by atoms with van der Waals surface area (Å²) in [5.74, 6) is -1.10. The lowest BCUT2D eigenvalue weighted by Crippen LogP contribution is -2.04. The van der Waals surface area contributed by atoms with Crippen molar-refractivity contribution in [2.75, 3.05) is 0 Å². The average Bonchev–Trinajstić information content (AvgIpc) is 2.97. The van der Waals surface area contributed by atoms with Gasteiger partial charge in [0.1, 0.15) is 11.5 Å². The first-order chi connectivity index (χ1) is 21.9. The highest BCUT2D eigenvalue weighted by molar-refractivity contribution is 7.86. The maximum Gasteiger partial charge on any atom is 0.308 e. The molecular formula is C32H22O12S3. The third kappa shape index (κ3) is 6.15. The van der Waals surface area contributed by atoms with Crippen LogP contribution in [0.4, 0.5) is 0 Å². The van der Waals surface area contributed by atoms with Gasteiger partial charge < -0.3 is 9.84 Å². The van der Waals surface area contributed by atoms with E-state index in [-0.39, 0.29) is 49.9 Å². The van der Waals surface area contributed by atoms with Crippen molar-refractivity contribution in [1.29, 1.82) is 0 Å². The molecule has 0 radical (unpaired) electrons. The molecule has 12 nitrogen and oxygen atoms in total. The Morgan fingerprint density at radius 1 is 0.532 bits per heavy atom.